The van der Waals surface area contributed by atoms with E-state index in [1.54, 1.807) is 23.0 Å². The minimum atomic E-state index is -4.81. The highest BCUT2D eigenvalue weighted by Gasteiger charge is 2.35. The highest BCUT2D eigenvalue weighted by molar-refractivity contribution is 7.89. The van der Waals surface area contributed by atoms with Gasteiger partial charge in [0.1, 0.15) is 5.82 Å². The average molecular weight is 492 g/mol. The molecule has 0 fully saturated rings. The van der Waals surface area contributed by atoms with Crippen LogP contribution >= 0.6 is 0 Å². The van der Waals surface area contributed by atoms with E-state index in [0.29, 0.717) is 5.69 Å². The molecular weight excluding hydrogens is 470 g/mol. The molecule has 3 aromatic carbocycles. The lowest BCUT2D eigenvalue weighted by Gasteiger charge is -2.19. The zero-order valence-electron chi connectivity index (χ0n) is 17.8. The molecule has 0 saturated carbocycles. The van der Waals surface area contributed by atoms with Crippen LogP contribution in [0.15, 0.2) is 79.0 Å². The van der Waals surface area contributed by atoms with Gasteiger partial charge in [0, 0.05) is 17.8 Å². The quantitative estimate of drug-likeness (QED) is 0.346. The molecule has 4 aromatic rings. The fourth-order valence-corrected chi connectivity index (χ4v) is 4.85. The number of fused-ring (bicyclic) bond motifs is 1. The SMILES string of the molecule is O=S(=O)(CC(F)(F)F)NCCC(c1ccccc1)c1ccc2c(cnn2-c2ccc(F)cc2)c1. The Kier molecular flexibility index (Phi) is 6.72. The molecule has 4 rings (SSSR count). The van der Waals surface area contributed by atoms with Gasteiger partial charge in [0.05, 0.1) is 17.4 Å². The maximum atomic E-state index is 13.3. The minimum absolute atomic E-state index is 0.148. The second kappa shape index (κ2) is 9.55. The molecule has 5 nitrogen and oxygen atoms in total. The van der Waals surface area contributed by atoms with Crippen molar-refractivity contribution in [3.8, 4) is 5.69 Å². The van der Waals surface area contributed by atoms with Gasteiger partial charge in [-0.05, 0) is 53.9 Å². The summed E-state index contributed by atoms with van der Waals surface area (Å²) < 4.78 is 78.1. The lowest BCUT2D eigenvalue weighted by Crippen LogP contribution is -2.34. The van der Waals surface area contributed by atoms with Crippen LogP contribution in [0.25, 0.3) is 16.6 Å². The normalized spacial score (nSPS) is 13.3. The zero-order chi connectivity index (χ0) is 24.3. The van der Waals surface area contributed by atoms with E-state index in [4.69, 9.17) is 0 Å². The van der Waals surface area contributed by atoms with Gasteiger partial charge in [-0.3, -0.25) is 0 Å². The number of halogens is 4. The van der Waals surface area contributed by atoms with Crippen molar-refractivity contribution in [1.82, 2.24) is 14.5 Å². The van der Waals surface area contributed by atoms with E-state index in [1.165, 1.54) is 12.1 Å². The molecule has 0 spiro atoms. The number of alkyl halides is 3. The summed E-state index contributed by atoms with van der Waals surface area (Å²) in [5.41, 5.74) is 3.27. The maximum absolute atomic E-state index is 13.3. The summed E-state index contributed by atoms with van der Waals surface area (Å²) in [7, 11) is -4.48. The fraction of sp³-hybridized carbons (Fsp3) is 0.208. The monoisotopic (exact) mass is 491 g/mol. The highest BCUT2D eigenvalue weighted by Crippen LogP contribution is 2.31. The summed E-state index contributed by atoms with van der Waals surface area (Å²) >= 11 is 0. The molecule has 1 unspecified atom stereocenters. The Morgan fingerprint density at radius 3 is 2.32 bits per heavy atom. The number of aromatic nitrogens is 2. The second-order valence-corrected chi connectivity index (χ2v) is 9.68. The van der Waals surface area contributed by atoms with Crippen LogP contribution in [0.1, 0.15) is 23.5 Å². The van der Waals surface area contributed by atoms with E-state index in [1.807, 2.05) is 48.5 Å². The second-order valence-electron chi connectivity index (χ2n) is 7.87. The molecule has 1 heterocycles. The highest BCUT2D eigenvalue weighted by atomic mass is 32.2. The van der Waals surface area contributed by atoms with Crippen molar-refractivity contribution in [3.63, 3.8) is 0 Å². The van der Waals surface area contributed by atoms with Crippen LogP contribution in [-0.4, -0.2) is 36.7 Å². The summed E-state index contributed by atoms with van der Waals surface area (Å²) in [5.74, 6) is -2.52. The third-order valence-corrected chi connectivity index (χ3v) is 6.73. The number of sulfonamides is 1. The number of hydrogen-bond acceptors (Lipinski definition) is 3. The summed E-state index contributed by atoms with van der Waals surface area (Å²) in [6.07, 6.45) is -2.87. The van der Waals surface area contributed by atoms with Gasteiger partial charge >= 0.3 is 6.18 Å². The van der Waals surface area contributed by atoms with Crippen molar-refractivity contribution in [1.29, 1.82) is 0 Å². The lowest BCUT2D eigenvalue weighted by atomic mass is 9.88. The molecule has 34 heavy (non-hydrogen) atoms. The first kappa shape index (κ1) is 23.9. The smallest absolute Gasteiger partial charge is 0.233 e. The molecule has 1 atom stereocenters. The Morgan fingerprint density at radius 1 is 0.941 bits per heavy atom. The summed E-state index contributed by atoms with van der Waals surface area (Å²) in [4.78, 5) is 0. The molecule has 0 radical (unpaired) electrons. The molecule has 1 aromatic heterocycles. The number of nitrogens with zero attached hydrogens (tertiary/aromatic N) is 2. The van der Waals surface area contributed by atoms with E-state index in [2.05, 4.69) is 9.82 Å². The Hall–Kier alpha value is -3.24. The number of hydrogen-bond donors (Lipinski definition) is 1. The van der Waals surface area contributed by atoms with Crippen LogP contribution < -0.4 is 4.72 Å². The standard InChI is InChI=1S/C24H21F4N3O2S/c25-20-7-9-21(10-8-20)31-23-11-6-18(14-19(23)15-29-31)22(17-4-2-1-3-5-17)12-13-30-34(32,33)16-24(26,27)28/h1-11,14-15,22,30H,12-13,16H2. The van der Waals surface area contributed by atoms with E-state index in [-0.39, 0.29) is 24.7 Å². The molecule has 0 amide bonds. The third kappa shape index (κ3) is 5.81. The van der Waals surface area contributed by atoms with Crippen molar-refractivity contribution in [2.45, 2.75) is 18.5 Å². The summed E-state index contributed by atoms with van der Waals surface area (Å²) in [6, 6.07) is 20.9. The van der Waals surface area contributed by atoms with Crippen LogP contribution in [0.5, 0.6) is 0 Å². The van der Waals surface area contributed by atoms with Crippen molar-refractivity contribution < 1.29 is 26.0 Å². The third-order valence-electron chi connectivity index (χ3n) is 5.38. The number of benzene rings is 3. The fourth-order valence-electron chi connectivity index (χ4n) is 3.89. The van der Waals surface area contributed by atoms with Crippen molar-refractivity contribution in [2.24, 2.45) is 0 Å². The van der Waals surface area contributed by atoms with Gasteiger partial charge in [-0.15, -0.1) is 0 Å². The Bertz CT molecular complexity index is 1370. The minimum Gasteiger partial charge on any atom is -0.233 e. The first-order chi connectivity index (χ1) is 16.1. The molecule has 0 aliphatic heterocycles. The number of rotatable bonds is 8. The maximum Gasteiger partial charge on any atom is 0.404 e. The van der Waals surface area contributed by atoms with Crippen molar-refractivity contribution >= 4 is 20.9 Å². The number of nitrogens with one attached hydrogen (secondary N) is 1. The first-order valence-electron chi connectivity index (χ1n) is 10.4. The predicted octanol–water partition coefficient (Wildman–Crippen LogP) is 5.17. The Morgan fingerprint density at radius 2 is 1.65 bits per heavy atom. The molecule has 10 heteroatoms. The molecular formula is C24H21F4N3O2S. The van der Waals surface area contributed by atoms with Gasteiger partial charge < -0.3 is 0 Å². The average Bonchev–Trinajstić information content (AvgIpc) is 3.19. The van der Waals surface area contributed by atoms with E-state index < -0.39 is 22.0 Å². The molecule has 0 aliphatic carbocycles. The van der Waals surface area contributed by atoms with E-state index >= 15 is 0 Å². The zero-order valence-corrected chi connectivity index (χ0v) is 18.7. The van der Waals surface area contributed by atoms with Crippen LogP contribution in [0, 0.1) is 5.82 Å². The summed E-state index contributed by atoms with van der Waals surface area (Å²) in [6.45, 7) is -0.148. The largest absolute Gasteiger partial charge is 0.404 e. The van der Waals surface area contributed by atoms with Crippen LogP contribution in [-0.2, 0) is 10.0 Å². The molecule has 0 bridgehead atoms. The molecule has 0 aliphatic rings. The molecule has 0 saturated heterocycles. The van der Waals surface area contributed by atoms with Gasteiger partial charge in [-0.2, -0.15) is 18.3 Å². The first-order valence-corrected chi connectivity index (χ1v) is 12.1. The Balaban J connectivity index is 1.60. The van der Waals surface area contributed by atoms with E-state index in [9.17, 15) is 26.0 Å². The van der Waals surface area contributed by atoms with Crippen LogP contribution in [0.3, 0.4) is 0 Å². The van der Waals surface area contributed by atoms with Gasteiger partial charge in [0.15, 0.2) is 5.75 Å². The van der Waals surface area contributed by atoms with Gasteiger partial charge in [0.25, 0.3) is 0 Å². The molecule has 178 valence electrons. The van der Waals surface area contributed by atoms with Crippen LogP contribution in [0.2, 0.25) is 0 Å². The van der Waals surface area contributed by atoms with Gasteiger partial charge in [-0.25, -0.2) is 22.2 Å². The van der Waals surface area contributed by atoms with Crippen molar-refractivity contribution in [3.05, 3.63) is 95.9 Å². The molecule has 1 N–H and O–H groups in total. The van der Waals surface area contributed by atoms with E-state index in [0.717, 1.165) is 22.0 Å². The Labute approximate surface area is 194 Å². The van der Waals surface area contributed by atoms with Gasteiger partial charge in [-0.1, -0.05) is 36.4 Å². The van der Waals surface area contributed by atoms with Crippen molar-refractivity contribution in [2.75, 3.05) is 12.3 Å². The summed E-state index contributed by atoms with van der Waals surface area (Å²) in [5, 5.41) is 5.21. The van der Waals surface area contributed by atoms with Crippen LogP contribution in [0.4, 0.5) is 17.6 Å². The predicted molar refractivity (Wildman–Crippen MR) is 122 cm³/mol. The topological polar surface area (TPSA) is 64.0 Å². The lowest BCUT2D eigenvalue weighted by molar-refractivity contribution is -0.106. The van der Waals surface area contributed by atoms with Gasteiger partial charge in [0.2, 0.25) is 10.0 Å².